The fourth-order valence-electron chi connectivity index (χ4n) is 1.67. The molecule has 6 heteroatoms. The van der Waals surface area contributed by atoms with E-state index in [4.69, 9.17) is 5.26 Å². The number of anilines is 1. The van der Waals surface area contributed by atoms with E-state index in [1.807, 2.05) is 6.07 Å². The molecule has 0 N–H and O–H groups in total. The van der Waals surface area contributed by atoms with E-state index in [0.717, 1.165) is 10.4 Å². The highest BCUT2D eigenvalue weighted by molar-refractivity contribution is 7.92. The molecule has 0 aliphatic heterocycles. The SMILES string of the molecule is CN(c1ccc(C#N)cc1)S(=O)(=O)c1cccc(F)c1. The minimum Gasteiger partial charge on any atom is -0.269 e. The quantitative estimate of drug-likeness (QED) is 0.872. The first-order chi connectivity index (χ1) is 9.45. The van der Waals surface area contributed by atoms with E-state index < -0.39 is 15.8 Å². The van der Waals surface area contributed by atoms with Crippen LogP contribution in [0.4, 0.5) is 10.1 Å². The highest BCUT2D eigenvalue weighted by Gasteiger charge is 2.21. The van der Waals surface area contributed by atoms with E-state index in [1.165, 1.54) is 49.5 Å². The van der Waals surface area contributed by atoms with Gasteiger partial charge in [-0.2, -0.15) is 5.26 Å². The second-order valence-electron chi connectivity index (χ2n) is 4.09. The first-order valence-corrected chi connectivity index (χ1v) is 7.14. The summed E-state index contributed by atoms with van der Waals surface area (Å²) in [7, 11) is -2.45. The Morgan fingerprint density at radius 3 is 2.35 bits per heavy atom. The van der Waals surface area contributed by atoms with Gasteiger partial charge in [0.1, 0.15) is 5.82 Å². The monoisotopic (exact) mass is 290 g/mol. The molecule has 2 aromatic carbocycles. The predicted octanol–water partition coefficient (Wildman–Crippen LogP) is 2.52. The molecule has 102 valence electrons. The van der Waals surface area contributed by atoms with Crippen LogP contribution in [0.3, 0.4) is 0 Å². The van der Waals surface area contributed by atoms with E-state index in [2.05, 4.69) is 0 Å². The van der Waals surface area contributed by atoms with Crippen molar-refractivity contribution in [3.8, 4) is 6.07 Å². The number of halogens is 1. The number of rotatable bonds is 3. The minimum absolute atomic E-state index is 0.121. The van der Waals surface area contributed by atoms with Crippen LogP contribution in [0.2, 0.25) is 0 Å². The van der Waals surface area contributed by atoms with Gasteiger partial charge in [-0.15, -0.1) is 0 Å². The van der Waals surface area contributed by atoms with Gasteiger partial charge < -0.3 is 0 Å². The molecule has 0 fully saturated rings. The van der Waals surface area contributed by atoms with E-state index in [-0.39, 0.29) is 4.90 Å². The highest BCUT2D eigenvalue weighted by Crippen LogP contribution is 2.22. The molecule has 0 radical (unpaired) electrons. The fraction of sp³-hybridized carbons (Fsp3) is 0.0714. The van der Waals surface area contributed by atoms with Crippen LogP contribution in [-0.2, 0) is 10.0 Å². The molecule has 0 unspecified atom stereocenters. The number of benzene rings is 2. The molecule has 0 aliphatic rings. The highest BCUT2D eigenvalue weighted by atomic mass is 32.2. The molecule has 0 aliphatic carbocycles. The van der Waals surface area contributed by atoms with Crippen LogP contribution in [0.5, 0.6) is 0 Å². The van der Waals surface area contributed by atoms with Crippen molar-refractivity contribution in [3.63, 3.8) is 0 Å². The van der Waals surface area contributed by atoms with Crippen molar-refractivity contribution < 1.29 is 12.8 Å². The molecule has 0 amide bonds. The first kappa shape index (κ1) is 14.0. The summed E-state index contributed by atoms with van der Waals surface area (Å²) in [5.74, 6) is -0.612. The molecule has 0 spiro atoms. The molecule has 0 saturated carbocycles. The Labute approximate surface area is 116 Å². The van der Waals surface area contributed by atoms with E-state index in [0.29, 0.717) is 11.3 Å². The van der Waals surface area contributed by atoms with Gasteiger partial charge in [-0.05, 0) is 42.5 Å². The van der Waals surface area contributed by atoms with Gasteiger partial charge in [0.15, 0.2) is 0 Å². The third kappa shape index (κ3) is 2.63. The van der Waals surface area contributed by atoms with Crippen molar-refractivity contribution in [2.75, 3.05) is 11.4 Å². The average Bonchev–Trinajstić information content (AvgIpc) is 2.46. The molecule has 2 aromatic rings. The summed E-state index contributed by atoms with van der Waals surface area (Å²) in [5, 5.41) is 8.71. The molecule has 2 rings (SSSR count). The molecular formula is C14H11FN2O2S. The van der Waals surface area contributed by atoms with Crippen LogP contribution in [0.25, 0.3) is 0 Å². The molecule has 0 bridgehead atoms. The molecule has 20 heavy (non-hydrogen) atoms. The molecule has 0 saturated heterocycles. The van der Waals surface area contributed by atoms with Gasteiger partial charge in [0.2, 0.25) is 0 Å². The second-order valence-corrected chi connectivity index (χ2v) is 6.06. The summed E-state index contributed by atoms with van der Waals surface area (Å²) in [6.07, 6.45) is 0. The molecule has 4 nitrogen and oxygen atoms in total. The first-order valence-electron chi connectivity index (χ1n) is 5.70. The average molecular weight is 290 g/mol. The molecule has 0 heterocycles. The third-order valence-electron chi connectivity index (χ3n) is 2.81. The van der Waals surface area contributed by atoms with Crippen molar-refractivity contribution in [2.45, 2.75) is 4.90 Å². The number of hydrogen-bond acceptors (Lipinski definition) is 3. The van der Waals surface area contributed by atoms with Crippen LogP contribution in [0, 0.1) is 17.1 Å². The van der Waals surface area contributed by atoms with Gasteiger partial charge >= 0.3 is 0 Å². The Bertz CT molecular complexity index is 765. The zero-order valence-corrected chi connectivity index (χ0v) is 11.4. The Morgan fingerprint density at radius 2 is 1.80 bits per heavy atom. The Balaban J connectivity index is 2.40. The van der Waals surface area contributed by atoms with Crippen molar-refractivity contribution >= 4 is 15.7 Å². The van der Waals surface area contributed by atoms with Crippen molar-refractivity contribution in [3.05, 3.63) is 59.9 Å². The second kappa shape index (κ2) is 5.31. The zero-order chi connectivity index (χ0) is 14.8. The van der Waals surface area contributed by atoms with Gasteiger partial charge in [-0.3, -0.25) is 4.31 Å². The zero-order valence-electron chi connectivity index (χ0n) is 10.6. The van der Waals surface area contributed by atoms with Crippen LogP contribution in [0.1, 0.15) is 5.56 Å². The Morgan fingerprint density at radius 1 is 1.15 bits per heavy atom. The van der Waals surface area contributed by atoms with Crippen LogP contribution < -0.4 is 4.31 Å². The Kier molecular flexibility index (Phi) is 3.72. The van der Waals surface area contributed by atoms with E-state index >= 15 is 0 Å². The number of hydrogen-bond donors (Lipinski definition) is 0. The van der Waals surface area contributed by atoms with Crippen molar-refractivity contribution in [1.82, 2.24) is 0 Å². The standard InChI is InChI=1S/C14H11FN2O2S/c1-17(13-7-5-11(10-16)6-8-13)20(18,19)14-4-2-3-12(15)9-14/h2-9H,1H3. The van der Waals surface area contributed by atoms with Crippen LogP contribution >= 0.6 is 0 Å². The van der Waals surface area contributed by atoms with Crippen LogP contribution in [-0.4, -0.2) is 15.5 Å². The Hall–Kier alpha value is -2.39. The number of nitrogens with zero attached hydrogens (tertiary/aromatic N) is 2. The van der Waals surface area contributed by atoms with E-state index in [9.17, 15) is 12.8 Å². The van der Waals surface area contributed by atoms with E-state index in [1.54, 1.807) is 0 Å². The maximum absolute atomic E-state index is 13.1. The lowest BCUT2D eigenvalue weighted by molar-refractivity contribution is 0.589. The topological polar surface area (TPSA) is 61.2 Å². The lowest BCUT2D eigenvalue weighted by Gasteiger charge is -2.19. The van der Waals surface area contributed by atoms with Gasteiger partial charge in [-0.1, -0.05) is 6.07 Å². The summed E-state index contributed by atoms with van der Waals surface area (Å²) in [4.78, 5) is -0.121. The van der Waals surface area contributed by atoms with Crippen molar-refractivity contribution in [2.24, 2.45) is 0 Å². The minimum atomic E-state index is -3.82. The fourth-order valence-corrected chi connectivity index (χ4v) is 2.90. The van der Waals surface area contributed by atoms with Gasteiger partial charge in [0.25, 0.3) is 10.0 Å². The van der Waals surface area contributed by atoms with Crippen LogP contribution in [0.15, 0.2) is 53.4 Å². The molecule has 0 aromatic heterocycles. The lowest BCUT2D eigenvalue weighted by Crippen LogP contribution is -2.26. The van der Waals surface area contributed by atoms with Crippen molar-refractivity contribution in [1.29, 1.82) is 5.26 Å². The summed E-state index contributed by atoms with van der Waals surface area (Å²) in [6, 6.07) is 12.9. The maximum atomic E-state index is 13.1. The third-order valence-corrected chi connectivity index (χ3v) is 4.60. The molecular weight excluding hydrogens is 279 g/mol. The largest absolute Gasteiger partial charge is 0.269 e. The van der Waals surface area contributed by atoms with Gasteiger partial charge in [0, 0.05) is 7.05 Å². The summed E-state index contributed by atoms with van der Waals surface area (Å²) >= 11 is 0. The summed E-state index contributed by atoms with van der Waals surface area (Å²) in [5.41, 5.74) is 0.832. The maximum Gasteiger partial charge on any atom is 0.264 e. The smallest absolute Gasteiger partial charge is 0.264 e. The summed E-state index contributed by atoms with van der Waals surface area (Å²) in [6.45, 7) is 0. The number of sulfonamides is 1. The predicted molar refractivity (Wildman–Crippen MR) is 73.1 cm³/mol. The summed E-state index contributed by atoms with van der Waals surface area (Å²) < 4.78 is 38.9. The normalized spacial score (nSPS) is 10.8. The molecule has 0 atom stereocenters. The van der Waals surface area contributed by atoms with Gasteiger partial charge in [0.05, 0.1) is 22.2 Å². The lowest BCUT2D eigenvalue weighted by atomic mass is 10.2. The number of nitriles is 1. The van der Waals surface area contributed by atoms with Gasteiger partial charge in [-0.25, -0.2) is 12.8 Å².